The van der Waals surface area contributed by atoms with Crippen LogP contribution in [0.3, 0.4) is 0 Å². The molecule has 0 unspecified atom stereocenters. The minimum atomic E-state index is -0.510. The molecular weight excluding hydrogens is 394 g/mol. The van der Waals surface area contributed by atoms with Gasteiger partial charge in [-0.3, -0.25) is 4.79 Å². The van der Waals surface area contributed by atoms with E-state index in [9.17, 15) is 9.59 Å². The van der Waals surface area contributed by atoms with Crippen LogP contribution in [0.5, 0.6) is 0 Å². The second-order valence-corrected chi connectivity index (χ2v) is 8.46. The number of carbonyl (C=O) groups is 1. The summed E-state index contributed by atoms with van der Waals surface area (Å²) in [5.41, 5.74) is 0.604. The molecule has 1 fully saturated rings. The van der Waals surface area contributed by atoms with Crippen molar-refractivity contribution in [3.63, 3.8) is 0 Å². The van der Waals surface area contributed by atoms with Crippen LogP contribution < -0.4 is 10.5 Å². The van der Waals surface area contributed by atoms with E-state index in [0.717, 1.165) is 16.5 Å². The van der Waals surface area contributed by atoms with Crippen LogP contribution in [0, 0.1) is 0 Å². The highest BCUT2D eigenvalue weighted by Crippen LogP contribution is 2.26. The number of halogens is 1. The highest BCUT2D eigenvalue weighted by Gasteiger charge is 2.26. The van der Waals surface area contributed by atoms with Gasteiger partial charge in [-0.05, 0) is 44.4 Å². The van der Waals surface area contributed by atoms with E-state index in [2.05, 4.69) is 20.1 Å². The van der Waals surface area contributed by atoms with Gasteiger partial charge in [-0.15, -0.1) is 10.2 Å². The molecule has 152 valence electrons. The number of aromatic amines is 1. The molecule has 0 radical (unpaired) electrons. The topological polar surface area (TPSA) is 91.4 Å². The molecule has 3 aromatic rings. The Hall–Kier alpha value is -2.87. The first-order valence-electron chi connectivity index (χ1n) is 9.43. The van der Waals surface area contributed by atoms with E-state index in [4.69, 9.17) is 16.3 Å². The minimum absolute atomic E-state index is 0.224. The van der Waals surface area contributed by atoms with E-state index in [1.807, 2.05) is 39.0 Å². The number of fused-ring (bicyclic) bond motifs is 3. The molecule has 1 aliphatic rings. The summed E-state index contributed by atoms with van der Waals surface area (Å²) >= 11 is 5.97. The average Bonchev–Trinajstić information content (AvgIpc) is 2.67. The third-order valence-corrected chi connectivity index (χ3v) is 5.02. The zero-order valence-electron chi connectivity index (χ0n) is 16.5. The Balaban J connectivity index is 1.58. The van der Waals surface area contributed by atoms with Crippen molar-refractivity contribution in [2.75, 3.05) is 31.1 Å². The maximum atomic E-state index is 12.5. The van der Waals surface area contributed by atoms with E-state index >= 15 is 0 Å². The molecule has 1 aliphatic heterocycles. The lowest BCUT2D eigenvalue weighted by atomic mass is 10.1. The number of rotatable bonds is 1. The van der Waals surface area contributed by atoms with Crippen molar-refractivity contribution < 1.29 is 9.53 Å². The van der Waals surface area contributed by atoms with Gasteiger partial charge in [0.05, 0.1) is 0 Å². The van der Waals surface area contributed by atoms with Crippen LogP contribution in [-0.4, -0.2) is 58.0 Å². The SMILES string of the molecule is CC(C)(C)OC(=O)N1CCN(c2ccc3c(c2)c(=O)[nH]c2nnc(Cl)cc23)CC1. The van der Waals surface area contributed by atoms with Gasteiger partial charge in [-0.2, -0.15) is 0 Å². The molecule has 0 spiro atoms. The second-order valence-electron chi connectivity index (χ2n) is 8.07. The van der Waals surface area contributed by atoms with E-state index in [-0.39, 0.29) is 16.8 Å². The Labute approximate surface area is 172 Å². The summed E-state index contributed by atoms with van der Waals surface area (Å²) < 4.78 is 5.44. The Morgan fingerprint density at radius 2 is 1.79 bits per heavy atom. The minimum Gasteiger partial charge on any atom is -0.444 e. The van der Waals surface area contributed by atoms with Gasteiger partial charge in [0.25, 0.3) is 5.56 Å². The van der Waals surface area contributed by atoms with Crippen LogP contribution in [0.25, 0.3) is 21.8 Å². The molecular formula is C20H22ClN5O3. The van der Waals surface area contributed by atoms with Gasteiger partial charge in [-0.25, -0.2) is 4.79 Å². The normalized spacial score (nSPS) is 15.2. The Morgan fingerprint density at radius 1 is 1.07 bits per heavy atom. The van der Waals surface area contributed by atoms with E-state index in [0.29, 0.717) is 37.2 Å². The van der Waals surface area contributed by atoms with E-state index in [1.165, 1.54) is 0 Å². The van der Waals surface area contributed by atoms with Crippen molar-refractivity contribution in [3.05, 3.63) is 39.8 Å². The lowest BCUT2D eigenvalue weighted by Gasteiger charge is -2.36. The standard InChI is InChI=1S/C20H22ClN5O3/c1-20(2,3)29-19(28)26-8-6-25(7-9-26)12-4-5-13-14-11-16(21)23-24-17(14)22-18(27)15(13)10-12/h4-5,10-11H,6-9H2,1-3H3,(H,22,24,27). The molecule has 1 amide bonds. The number of carbonyl (C=O) groups excluding carboxylic acids is 1. The van der Waals surface area contributed by atoms with Crippen molar-refractivity contribution in [1.29, 1.82) is 0 Å². The van der Waals surface area contributed by atoms with Gasteiger partial charge < -0.3 is 19.5 Å². The molecule has 1 N–H and O–H groups in total. The van der Waals surface area contributed by atoms with Gasteiger partial charge >= 0.3 is 6.09 Å². The van der Waals surface area contributed by atoms with Crippen molar-refractivity contribution in [3.8, 4) is 0 Å². The fourth-order valence-corrected chi connectivity index (χ4v) is 3.61. The van der Waals surface area contributed by atoms with Crippen LogP contribution in [0.4, 0.5) is 10.5 Å². The molecule has 0 aliphatic carbocycles. The molecule has 9 heteroatoms. The summed E-state index contributed by atoms with van der Waals surface area (Å²) in [4.78, 5) is 31.4. The third kappa shape index (κ3) is 3.98. The van der Waals surface area contributed by atoms with Crippen molar-refractivity contribution in [1.82, 2.24) is 20.1 Å². The predicted molar refractivity (Wildman–Crippen MR) is 113 cm³/mol. The number of hydrogen-bond donors (Lipinski definition) is 1. The van der Waals surface area contributed by atoms with Gasteiger partial charge in [0, 0.05) is 42.6 Å². The molecule has 0 bridgehead atoms. The van der Waals surface area contributed by atoms with Gasteiger partial charge in [0.15, 0.2) is 10.8 Å². The first kappa shape index (κ1) is 19.4. The molecule has 4 rings (SSSR count). The zero-order chi connectivity index (χ0) is 20.8. The fraction of sp³-hybridized carbons (Fsp3) is 0.400. The third-order valence-electron chi connectivity index (χ3n) is 4.83. The highest BCUT2D eigenvalue weighted by atomic mass is 35.5. The highest BCUT2D eigenvalue weighted by molar-refractivity contribution is 6.30. The Morgan fingerprint density at radius 3 is 2.48 bits per heavy atom. The van der Waals surface area contributed by atoms with Crippen LogP contribution in [0.1, 0.15) is 20.8 Å². The first-order valence-corrected chi connectivity index (χ1v) is 9.81. The molecule has 8 nitrogen and oxygen atoms in total. The number of benzene rings is 1. The number of anilines is 1. The lowest BCUT2D eigenvalue weighted by Crippen LogP contribution is -2.50. The van der Waals surface area contributed by atoms with Crippen LogP contribution >= 0.6 is 11.6 Å². The van der Waals surface area contributed by atoms with Gasteiger partial charge in [0.2, 0.25) is 0 Å². The first-order chi connectivity index (χ1) is 13.7. The smallest absolute Gasteiger partial charge is 0.410 e. The van der Waals surface area contributed by atoms with Crippen molar-refractivity contribution >= 4 is 45.2 Å². The summed E-state index contributed by atoms with van der Waals surface area (Å²) in [6.07, 6.45) is -0.295. The van der Waals surface area contributed by atoms with Gasteiger partial charge in [0.1, 0.15) is 5.60 Å². The summed E-state index contributed by atoms with van der Waals surface area (Å²) in [5, 5.41) is 10.1. The number of ether oxygens (including phenoxy) is 1. The summed E-state index contributed by atoms with van der Waals surface area (Å²) in [5.74, 6) is 0. The average molecular weight is 416 g/mol. The quantitative estimate of drug-likeness (QED) is 0.614. The number of piperazine rings is 1. The molecule has 3 heterocycles. The van der Waals surface area contributed by atoms with E-state index < -0.39 is 5.60 Å². The molecule has 2 aromatic heterocycles. The number of hydrogen-bond acceptors (Lipinski definition) is 6. The van der Waals surface area contributed by atoms with Crippen molar-refractivity contribution in [2.24, 2.45) is 0 Å². The predicted octanol–water partition coefficient (Wildman–Crippen LogP) is 3.18. The summed E-state index contributed by atoms with van der Waals surface area (Å²) in [6.45, 7) is 8.02. The monoisotopic (exact) mass is 415 g/mol. The second kappa shape index (κ2) is 7.18. The van der Waals surface area contributed by atoms with Crippen molar-refractivity contribution in [2.45, 2.75) is 26.4 Å². The van der Waals surface area contributed by atoms with Crippen LogP contribution in [-0.2, 0) is 4.74 Å². The number of aromatic nitrogens is 3. The largest absolute Gasteiger partial charge is 0.444 e. The van der Waals surface area contributed by atoms with E-state index in [1.54, 1.807) is 11.0 Å². The summed E-state index contributed by atoms with van der Waals surface area (Å²) in [6, 6.07) is 7.44. The molecule has 0 atom stereocenters. The Kier molecular flexibility index (Phi) is 4.82. The maximum Gasteiger partial charge on any atom is 0.410 e. The Bertz CT molecular complexity index is 1150. The summed E-state index contributed by atoms with van der Waals surface area (Å²) in [7, 11) is 0. The molecule has 1 aromatic carbocycles. The lowest BCUT2D eigenvalue weighted by molar-refractivity contribution is 0.0240. The zero-order valence-corrected chi connectivity index (χ0v) is 17.3. The fourth-order valence-electron chi connectivity index (χ4n) is 3.47. The maximum absolute atomic E-state index is 12.5. The van der Waals surface area contributed by atoms with Crippen LogP contribution in [0.2, 0.25) is 5.15 Å². The molecule has 1 saturated heterocycles. The number of amides is 1. The number of pyridine rings is 1. The molecule has 29 heavy (non-hydrogen) atoms. The molecule has 0 saturated carbocycles. The number of nitrogens with zero attached hydrogens (tertiary/aromatic N) is 4. The van der Waals surface area contributed by atoms with Crippen LogP contribution in [0.15, 0.2) is 29.1 Å². The number of nitrogens with one attached hydrogen (secondary N) is 1. The number of H-pyrrole nitrogens is 1. The van der Waals surface area contributed by atoms with Gasteiger partial charge in [-0.1, -0.05) is 17.7 Å².